The number of nitrogens with zero attached hydrogens (tertiary/aromatic N) is 2. The fraction of sp³-hybridized carbons (Fsp3) is 0.417. The number of piperazine rings is 1. The Morgan fingerprint density at radius 2 is 1.41 bits per heavy atom. The first kappa shape index (κ1) is 21.0. The van der Waals surface area contributed by atoms with Crippen molar-refractivity contribution in [3.63, 3.8) is 0 Å². The molecule has 154 valence electrons. The Balaban J connectivity index is 1.46. The summed E-state index contributed by atoms with van der Waals surface area (Å²) in [7, 11) is 0. The Morgan fingerprint density at radius 1 is 0.862 bits per heavy atom. The first-order chi connectivity index (χ1) is 13.8. The molecule has 2 aromatic rings. The number of hydrogen-bond acceptors (Lipinski definition) is 2. The monoisotopic (exact) mass is 396 g/mol. The molecule has 1 aliphatic heterocycles. The van der Waals surface area contributed by atoms with Gasteiger partial charge >= 0.3 is 0 Å². The van der Waals surface area contributed by atoms with E-state index in [-0.39, 0.29) is 23.0 Å². The number of benzene rings is 2. The molecule has 1 heterocycles. The van der Waals surface area contributed by atoms with E-state index in [0.717, 1.165) is 11.1 Å². The smallest absolute Gasteiger partial charge is 0.223 e. The van der Waals surface area contributed by atoms with Crippen LogP contribution in [0.4, 0.5) is 4.39 Å². The van der Waals surface area contributed by atoms with Gasteiger partial charge in [-0.05, 0) is 35.1 Å². The van der Waals surface area contributed by atoms with E-state index in [2.05, 4.69) is 26.0 Å². The van der Waals surface area contributed by atoms with E-state index < -0.39 is 0 Å². The Labute approximate surface area is 172 Å². The summed E-state index contributed by atoms with van der Waals surface area (Å²) in [5.41, 5.74) is 1.89. The van der Waals surface area contributed by atoms with E-state index in [1.165, 1.54) is 12.1 Å². The molecule has 5 heteroatoms. The molecule has 0 aromatic heterocycles. The lowest BCUT2D eigenvalue weighted by atomic mass is 9.81. The lowest BCUT2D eigenvalue weighted by molar-refractivity contribution is -0.140. The number of hydrogen-bond donors (Lipinski definition) is 0. The quantitative estimate of drug-likeness (QED) is 0.745. The number of aryl methyl sites for hydroxylation is 1. The highest BCUT2D eigenvalue weighted by Crippen LogP contribution is 2.27. The standard InChI is InChI=1S/C24H29FN2O2/c1-24(2,20-6-4-3-5-7-20)18-23(29)27-16-14-26(15-17-27)22(28)13-10-19-8-11-21(25)12-9-19/h3-9,11-12H,10,13-18H2,1-2H3. The first-order valence-corrected chi connectivity index (χ1v) is 10.2. The third kappa shape index (κ3) is 5.66. The van der Waals surface area contributed by atoms with Crippen LogP contribution in [-0.4, -0.2) is 47.8 Å². The zero-order chi connectivity index (χ0) is 20.9. The van der Waals surface area contributed by atoms with E-state index in [9.17, 15) is 14.0 Å². The van der Waals surface area contributed by atoms with Gasteiger partial charge in [0.25, 0.3) is 0 Å². The minimum absolute atomic E-state index is 0.0889. The number of rotatable bonds is 6. The molecule has 1 aliphatic rings. The van der Waals surface area contributed by atoms with Gasteiger partial charge in [-0.2, -0.15) is 0 Å². The highest BCUT2D eigenvalue weighted by atomic mass is 19.1. The highest BCUT2D eigenvalue weighted by Gasteiger charge is 2.29. The van der Waals surface area contributed by atoms with Crippen molar-refractivity contribution in [1.29, 1.82) is 0 Å². The summed E-state index contributed by atoms with van der Waals surface area (Å²) in [5, 5.41) is 0. The Kier molecular flexibility index (Phi) is 6.68. The normalized spacial score (nSPS) is 14.7. The number of carbonyl (C=O) groups excluding carboxylic acids is 2. The molecule has 0 aliphatic carbocycles. The van der Waals surface area contributed by atoms with Crippen LogP contribution in [0.25, 0.3) is 0 Å². The summed E-state index contributed by atoms with van der Waals surface area (Å²) in [6, 6.07) is 16.4. The minimum Gasteiger partial charge on any atom is -0.339 e. The minimum atomic E-state index is -0.267. The van der Waals surface area contributed by atoms with Gasteiger partial charge in [0.1, 0.15) is 5.82 Å². The van der Waals surface area contributed by atoms with Crippen molar-refractivity contribution in [2.24, 2.45) is 0 Å². The van der Waals surface area contributed by atoms with E-state index in [1.54, 1.807) is 12.1 Å². The maximum Gasteiger partial charge on any atom is 0.223 e. The summed E-state index contributed by atoms with van der Waals surface area (Å²) in [6.45, 7) is 6.47. The van der Waals surface area contributed by atoms with Crippen LogP contribution in [0.2, 0.25) is 0 Å². The molecule has 2 aromatic carbocycles. The fourth-order valence-corrected chi connectivity index (χ4v) is 3.75. The number of amides is 2. The van der Waals surface area contributed by atoms with Gasteiger partial charge in [0.2, 0.25) is 11.8 Å². The second-order valence-electron chi connectivity index (χ2n) is 8.31. The van der Waals surface area contributed by atoms with Gasteiger partial charge in [-0.25, -0.2) is 4.39 Å². The molecular weight excluding hydrogens is 367 g/mol. The third-order valence-electron chi connectivity index (χ3n) is 5.67. The van der Waals surface area contributed by atoms with Gasteiger partial charge in [0, 0.05) is 39.0 Å². The van der Waals surface area contributed by atoms with Gasteiger partial charge in [0.05, 0.1) is 0 Å². The van der Waals surface area contributed by atoms with Crippen LogP contribution in [0.1, 0.15) is 37.8 Å². The molecule has 1 fully saturated rings. The van der Waals surface area contributed by atoms with E-state index in [0.29, 0.717) is 45.4 Å². The largest absolute Gasteiger partial charge is 0.339 e. The molecule has 0 N–H and O–H groups in total. The third-order valence-corrected chi connectivity index (χ3v) is 5.67. The van der Waals surface area contributed by atoms with Gasteiger partial charge < -0.3 is 9.80 Å². The van der Waals surface area contributed by atoms with Crippen molar-refractivity contribution < 1.29 is 14.0 Å². The molecule has 2 amide bonds. The zero-order valence-corrected chi connectivity index (χ0v) is 17.2. The summed E-state index contributed by atoms with van der Waals surface area (Å²) in [6.07, 6.45) is 1.46. The molecule has 0 unspecified atom stereocenters. The molecular formula is C24H29FN2O2. The Bertz CT molecular complexity index is 826. The van der Waals surface area contributed by atoms with Gasteiger partial charge in [-0.1, -0.05) is 56.3 Å². The predicted octanol–water partition coefficient (Wildman–Crippen LogP) is 3.80. The topological polar surface area (TPSA) is 40.6 Å². The Hall–Kier alpha value is -2.69. The first-order valence-electron chi connectivity index (χ1n) is 10.2. The van der Waals surface area contributed by atoms with Gasteiger partial charge in [-0.3, -0.25) is 9.59 Å². The summed E-state index contributed by atoms with van der Waals surface area (Å²) in [5.74, 6) is -0.0420. The summed E-state index contributed by atoms with van der Waals surface area (Å²) in [4.78, 5) is 29.0. The maximum absolute atomic E-state index is 13.0. The van der Waals surface area contributed by atoms with Crippen molar-refractivity contribution >= 4 is 11.8 Å². The lowest BCUT2D eigenvalue weighted by Crippen LogP contribution is -2.51. The lowest BCUT2D eigenvalue weighted by Gasteiger charge is -2.36. The average Bonchev–Trinajstić information content (AvgIpc) is 2.73. The maximum atomic E-state index is 13.0. The molecule has 29 heavy (non-hydrogen) atoms. The van der Waals surface area contributed by atoms with Crippen LogP contribution in [0.3, 0.4) is 0 Å². The molecule has 0 radical (unpaired) electrons. The molecule has 3 rings (SSSR count). The molecule has 4 nitrogen and oxygen atoms in total. The van der Waals surface area contributed by atoms with Crippen molar-refractivity contribution in [3.8, 4) is 0 Å². The van der Waals surface area contributed by atoms with E-state index >= 15 is 0 Å². The van der Waals surface area contributed by atoms with Gasteiger partial charge in [0.15, 0.2) is 0 Å². The van der Waals surface area contributed by atoms with E-state index in [4.69, 9.17) is 0 Å². The average molecular weight is 397 g/mol. The SMILES string of the molecule is CC(C)(CC(=O)N1CCN(C(=O)CCc2ccc(F)cc2)CC1)c1ccccc1. The summed E-state index contributed by atoms with van der Waals surface area (Å²) < 4.78 is 13.0. The zero-order valence-electron chi connectivity index (χ0n) is 17.2. The second-order valence-corrected chi connectivity index (χ2v) is 8.31. The summed E-state index contributed by atoms with van der Waals surface area (Å²) >= 11 is 0. The second kappa shape index (κ2) is 9.21. The number of halogens is 1. The fourth-order valence-electron chi connectivity index (χ4n) is 3.75. The van der Waals surface area contributed by atoms with Crippen LogP contribution in [0, 0.1) is 5.82 Å². The molecule has 0 spiro atoms. The molecule has 0 atom stereocenters. The van der Waals surface area contributed by atoms with Crippen molar-refractivity contribution in [3.05, 3.63) is 71.5 Å². The van der Waals surface area contributed by atoms with Crippen LogP contribution < -0.4 is 0 Å². The van der Waals surface area contributed by atoms with Crippen molar-refractivity contribution in [1.82, 2.24) is 9.80 Å². The Morgan fingerprint density at radius 3 is 2.00 bits per heavy atom. The highest BCUT2D eigenvalue weighted by molar-refractivity contribution is 5.79. The van der Waals surface area contributed by atoms with Crippen LogP contribution in [0.5, 0.6) is 0 Å². The van der Waals surface area contributed by atoms with Gasteiger partial charge in [-0.15, -0.1) is 0 Å². The van der Waals surface area contributed by atoms with E-state index in [1.807, 2.05) is 28.0 Å². The number of carbonyl (C=O) groups is 2. The molecule has 0 bridgehead atoms. The van der Waals surface area contributed by atoms with Crippen molar-refractivity contribution in [2.75, 3.05) is 26.2 Å². The van der Waals surface area contributed by atoms with Crippen LogP contribution >= 0.6 is 0 Å². The molecule has 1 saturated heterocycles. The van der Waals surface area contributed by atoms with Crippen molar-refractivity contribution in [2.45, 2.75) is 38.5 Å². The van der Waals surface area contributed by atoms with Crippen LogP contribution in [-0.2, 0) is 21.4 Å². The predicted molar refractivity (Wildman–Crippen MR) is 112 cm³/mol. The molecule has 0 saturated carbocycles. The van der Waals surface area contributed by atoms with Crippen LogP contribution in [0.15, 0.2) is 54.6 Å².